The van der Waals surface area contributed by atoms with Crippen molar-refractivity contribution in [2.45, 2.75) is 26.4 Å². The van der Waals surface area contributed by atoms with Crippen LogP contribution in [0.4, 0.5) is 5.69 Å². The second-order valence-corrected chi connectivity index (χ2v) is 7.81. The molecule has 1 saturated heterocycles. The summed E-state index contributed by atoms with van der Waals surface area (Å²) in [6.45, 7) is 9.27. The Morgan fingerprint density at radius 1 is 1.00 bits per heavy atom. The van der Waals surface area contributed by atoms with Crippen molar-refractivity contribution in [3.05, 3.63) is 69.6 Å². The van der Waals surface area contributed by atoms with Crippen molar-refractivity contribution in [1.29, 1.82) is 0 Å². The van der Waals surface area contributed by atoms with E-state index in [1.165, 1.54) is 0 Å². The van der Waals surface area contributed by atoms with Gasteiger partial charge in [-0.15, -0.1) is 0 Å². The zero-order chi connectivity index (χ0) is 20.4. The molecule has 3 heterocycles. The second-order valence-electron chi connectivity index (χ2n) is 7.81. The Bertz CT molecular complexity index is 1110. The zero-order valence-electron chi connectivity index (χ0n) is 17.0. The molecule has 7 nitrogen and oxygen atoms in total. The lowest BCUT2D eigenvalue weighted by molar-refractivity contribution is 0.247. The van der Waals surface area contributed by atoms with Crippen molar-refractivity contribution in [3.8, 4) is 0 Å². The maximum Gasteiger partial charge on any atom is 0.261 e. The number of aromatic nitrogens is 3. The normalized spacial score (nSPS) is 15.3. The Kier molecular flexibility index (Phi) is 5.49. The van der Waals surface area contributed by atoms with E-state index in [0.29, 0.717) is 11.9 Å². The number of anilines is 1. The molecule has 0 saturated carbocycles. The Hall–Kier alpha value is -2.93. The van der Waals surface area contributed by atoms with Gasteiger partial charge in [0.25, 0.3) is 11.1 Å². The van der Waals surface area contributed by atoms with Gasteiger partial charge in [-0.2, -0.15) is 0 Å². The van der Waals surface area contributed by atoms with Gasteiger partial charge in [0.05, 0.1) is 17.2 Å². The van der Waals surface area contributed by atoms with Crippen LogP contribution in [0.3, 0.4) is 0 Å². The first-order valence-electron chi connectivity index (χ1n) is 10.2. The van der Waals surface area contributed by atoms with Crippen LogP contribution >= 0.6 is 0 Å². The molecule has 1 aromatic carbocycles. The van der Waals surface area contributed by atoms with E-state index in [2.05, 4.69) is 14.8 Å². The standard InChI is InChI=1S/C22H27N5O2/c1-17(2)27-16-23-20-15-18(6-7-19(20)22(27)29)25-12-9-24(10-13-25)11-14-26-8-4-3-5-21(26)28/h3-8,15-17H,9-14H2,1-2H3. The third-order valence-electron chi connectivity index (χ3n) is 5.62. The second kappa shape index (κ2) is 8.21. The van der Waals surface area contributed by atoms with Crippen LogP contribution < -0.4 is 16.0 Å². The van der Waals surface area contributed by atoms with Gasteiger partial charge in [-0.05, 0) is 38.1 Å². The molecule has 1 aliphatic rings. The van der Waals surface area contributed by atoms with Crippen LogP contribution in [-0.4, -0.2) is 51.7 Å². The van der Waals surface area contributed by atoms with Crippen LogP contribution in [-0.2, 0) is 6.54 Å². The molecule has 0 bridgehead atoms. The first-order valence-corrected chi connectivity index (χ1v) is 10.2. The molecule has 0 atom stereocenters. The van der Waals surface area contributed by atoms with Crippen molar-refractivity contribution < 1.29 is 0 Å². The molecule has 3 aromatic rings. The average molecular weight is 393 g/mol. The number of hydrogen-bond acceptors (Lipinski definition) is 5. The fourth-order valence-electron chi connectivity index (χ4n) is 3.81. The smallest absolute Gasteiger partial charge is 0.261 e. The Balaban J connectivity index is 1.41. The van der Waals surface area contributed by atoms with E-state index < -0.39 is 0 Å². The van der Waals surface area contributed by atoms with Crippen LogP contribution in [0.1, 0.15) is 19.9 Å². The minimum Gasteiger partial charge on any atom is -0.369 e. The van der Waals surface area contributed by atoms with Crippen LogP contribution in [0.15, 0.2) is 58.5 Å². The molecule has 1 aliphatic heterocycles. The lowest BCUT2D eigenvalue weighted by atomic mass is 10.2. The number of nitrogens with zero attached hydrogens (tertiary/aromatic N) is 5. The lowest BCUT2D eigenvalue weighted by Crippen LogP contribution is -2.47. The van der Waals surface area contributed by atoms with Crippen molar-refractivity contribution in [2.24, 2.45) is 0 Å². The molecule has 1 fully saturated rings. The highest BCUT2D eigenvalue weighted by molar-refractivity contribution is 5.81. The van der Waals surface area contributed by atoms with E-state index >= 15 is 0 Å². The number of pyridine rings is 1. The van der Waals surface area contributed by atoms with Gasteiger partial charge in [0.1, 0.15) is 0 Å². The zero-order valence-corrected chi connectivity index (χ0v) is 17.0. The molecule has 152 valence electrons. The summed E-state index contributed by atoms with van der Waals surface area (Å²) in [5.41, 5.74) is 1.91. The van der Waals surface area contributed by atoms with E-state index in [1.54, 1.807) is 27.6 Å². The number of benzene rings is 1. The summed E-state index contributed by atoms with van der Waals surface area (Å²) in [7, 11) is 0. The Morgan fingerprint density at radius 2 is 1.79 bits per heavy atom. The molecule has 7 heteroatoms. The van der Waals surface area contributed by atoms with E-state index in [9.17, 15) is 9.59 Å². The molecular weight excluding hydrogens is 366 g/mol. The molecule has 0 aliphatic carbocycles. The molecule has 0 unspecified atom stereocenters. The van der Waals surface area contributed by atoms with Crippen LogP contribution in [0.25, 0.3) is 10.9 Å². The molecule has 29 heavy (non-hydrogen) atoms. The third kappa shape index (κ3) is 4.10. The predicted octanol–water partition coefficient (Wildman–Crippen LogP) is 1.96. The largest absolute Gasteiger partial charge is 0.369 e. The van der Waals surface area contributed by atoms with Gasteiger partial charge in [-0.1, -0.05) is 6.07 Å². The number of fused-ring (bicyclic) bond motifs is 1. The highest BCUT2D eigenvalue weighted by Crippen LogP contribution is 2.20. The van der Waals surface area contributed by atoms with Gasteiger partial charge in [0.15, 0.2) is 0 Å². The highest BCUT2D eigenvalue weighted by atomic mass is 16.1. The molecule has 0 spiro atoms. The highest BCUT2D eigenvalue weighted by Gasteiger charge is 2.18. The number of hydrogen-bond donors (Lipinski definition) is 0. The van der Waals surface area contributed by atoms with Crippen LogP contribution in [0, 0.1) is 0 Å². The van der Waals surface area contributed by atoms with Gasteiger partial charge in [0, 0.05) is 63.3 Å². The molecule has 0 radical (unpaired) electrons. The summed E-state index contributed by atoms with van der Waals surface area (Å²) in [6, 6.07) is 11.3. The predicted molar refractivity (Wildman–Crippen MR) is 116 cm³/mol. The van der Waals surface area contributed by atoms with Gasteiger partial charge in [-0.3, -0.25) is 19.1 Å². The van der Waals surface area contributed by atoms with Gasteiger partial charge < -0.3 is 9.47 Å². The molecular formula is C22H27N5O2. The van der Waals surface area contributed by atoms with E-state index in [-0.39, 0.29) is 17.2 Å². The molecule has 2 aromatic heterocycles. The topological polar surface area (TPSA) is 63.4 Å². The number of piperazine rings is 1. The van der Waals surface area contributed by atoms with Crippen molar-refractivity contribution in [3.63, 3.8) is 0 Å². The summed E-state index contributed by atoms with van der Waals surface area (Å²) in [4.78, 5) is 33.6. The summed E-state index contributed by atoms with van der Waals surface area (Å²) >= 11 is 0. The summed E-state index contributed by atoms with van der Waals surface area (Å²) in [5.74, 6) is 0. The average Bonchev–Trinajstić information content (AvgIpc) is 2.73. The van der Waals surface area contributed by atoms with Gasteiger partial charge >= 0.3 is 0 Å². The van der Waals surface area contributed by atoms with Crippen molar-refractivity contribution >= 4 is 16.6 Å². The van der Waals surface area contributed by atoms with E-state index in [1.807, 2.05) is 44.3 Å². The minimum atomic E-state index is 0.0116. The maximum atomic E-state index is 12.6. The molecule has 4 rings (SSSR count). The summed E-state index contributed by atoms with van der Waals surface area (Å²) in [5, 5.41) is 0.664. The fraction of sp³-hybridized carbons (Fsp3) is 0.409. The third-order valence-corrected chi connectivity index (χ3v) is 5.62. The Morgan fingerprint density at radius 3 is 2.52 bits per heavy atom. The van der Waals surface area contributed by atoms with E-state index in [4.69, 9.17) is 0 Å². The molecule has 0 amide bonds. The van der Waals surface area contributed by atoms with Gasteiger partial charge in [-0.25, -0.2) is 4.98 Å². The van der Waals surface area contributed by atoms with Crippen LogP contribution in [0.2, 0.25) is 0 Å². The van der Waals surface area contributed by atoms with Gasteiger partial charge in [0.2, 0.25) is 0 Å². The maximum absolute atomic E-state index is 12.6. The van der Waals surface area contributed by atoms with Crippen molar-refractivity contribution in [2.75, 3.05) is 37.6 Å². The fourth-order valence-corrected chi connectivity index (χ4v) is 3.81. The Labute approximate surface area is 169 Å². The first kappa shape index (κ1) is 19.4. The summed E-state index contributed by atoms with van der Waals surface area (Å²) in [6.07, 6.45) is 3.48. The quantitative estimate of drug-likeness (QED) is 0.663. The number of rotatable bonds is 5. The van der Waals surface area contributed by atoms with E-state index in [0.717, 1.165) is 43.9 Å². The first-order chi connectivity index (χ1) is 14.0. The molecule has 0 N–H and O–H groups in total. The summed E-state index contributed by atoms with van der Waals surface area (Å²) < 4.78 is 3.42. The minimum absolute atomic E-state index is 0.0116. The SMILES string of the molecule is CC(C)n1cnc2cc(N3CCN(CCn4ccccc4=O)CC3)ccc2c1=O. The lowest BCUT2D eigenvalue weighted by Gasteiger charge is -2.36. The van der Waals surface area contributed by atoms with Crippen molar-refractivity contribution in [1.82, 2.24) is 19.0 Å². The van der Waals surface area contributed by atoms with Crippen LogP contribution in [0.5, 0.6) is 0 Å². The monoisotopic (exact) mass is 393 g/mol.